The molecule has 0 aliphatic heterocycles. The molecule has 4 rings (SSSR count). The first-order valence-electron chi connectivity index (χ1n) is 9.83. The van der Waals surface area contributed by atoms with Crippen LogP contribution in [0.15, 0.2) is 47.6 Å². The lowest BCUT2D eigenvalue weighted by Gasteiger charge is -2.12. The largest absolute Gasteiger partial charge is 0.306 e. The third kappa shape index (κ3) is 3.37. The molecule has 0 unspecified atom stereocenters. The lowest BCUT2D eigenvalue weighted by Crippen LogP contribution is -2.16. The maximum absolute atomic E-state index is 13.2. The fourth-order valence-electron chi connectivity index (χ4n) is 3.76. The Morgan fingerprint density at radius 2 is 1.83 bits per heavy atom. The summed E-state index contributed by atoms with van der Waals surface area (Å²) in [4.78, 5) is 4.96. The van der Waals surface area contributed by atoms with Crippen LogP contribution < -0.4 is 4.72 Å². The molecule has 8 heteroatoms. The van der Waals surface area contributed by atoms with Crippen molar-refractivity contribution in [3.05, 3.63) is 65.2 Å². The van der Waals surface area contributed by atoms with E-state index < -0.39 is 10.0 Å². The molecular weight excluding hydrogens is 398 g/mol. The van der Waals surface area contributed by atoms with E-state index in [1.165, 1.54) is 0 Å². The van der Waals surface area contributed by atoms with Crippen molar-refractivity contribution in [2.75, 3.05) is 4.72 Å². The molecule has 30 heavy (non-hydrogen) atoms. The first kappa shape index (κ1) is 20.2. The topological polar surface area (TPSA) is 81.3 Å². The molecule has 156 valence electrons. The summed E-state index contributed by atoms with van der Waals surface area (Å²) in [5.74, 6) is 0. The van der Waals surface area contributed by atoms with Gasteiger partial charge in [0.1, 0.15) is 10.5 Å². The van der Waals surface area contributed by atoms with Gasteiger partial charge in [0.2, 0.25) is 0 Å². The van der Waals surface area contributed by atoms with Crippen LogP contribution in [0, 0.1) is 27.7 Å². The number of nitrogens with one attached hydrogen (secondary N) is 1. The summed E-state index contributed by atoms with van der Waals surface area (Å²) in [6.07, 6.45) is 3.90. The number of hydrogen-bond acceptors (Lipinski definition) is 4. The molecule has 3 heterocycles. The molecule has 7 nitrogen and oxygen atoms in total. The van der Waals surface area contributed by atoms with Crippen LogP contribution in [0.2, 0.25) is 0 Å². The van der Waals surface area contributed by atoms with Crippen molar-refractivity contribution >= 4 is 21.4 Å². The van der Waals surface area contributed by atoms with E-state index >= 15 is 0 Å². The molecule has 1 aromatic carbocycles. The fourth-order valence-corrected chi connectivity index (χ4v) is 5.29. The van der Waals surface area contributed by atoms with Crippen molar-refractivity contribution in [1.29, 1.82) is 0 Å². The summed E-state index contributed by atoms with van der Waals surface area (Å²) in [5.41, 5.74) is 6.09. The third-order valence-corrected chi connectivity index (χ3v) is 6.96. The number of imidazole rings is 1. The van der Waals surface area contributed by atoms with Gasteiger partial charge < -0.3 is 4.40 Å². The van der Waals surface area contributed by atoms with E-state index in [4.69, 9.17) is 4.98 Å². The highest BCUT2D eigenvalue weighted by atomic mass is 32.2. The van der Waals surface area contributed by atoms with Crippen LogP contribution in [0.1, 0.15) is 29.4 Å². The molecule has 1 N–H and O–H groups in total. The lowest BCUT2D eigenvalue weighted by atomic mass is 10.1. The number of fused-ring (bicyclic) bond motifs is 1. The van der Waals surface area contributed by atoms with Crippen molar-refractivity contribution in [2.24, 2.45) is 0 Å². The molecule has 0 radical (unpaired) electrons. The van der Waals surface area contributed by atoms with Gasteiger partial charge in [-0.15, -0.1) is 0 Å². The molecule has 0 aliphatic carbocycles. The highest BCUT2D eigenvalue weighted by Crippen LogP contribution is 2.29. The van der Waals surface area contributed by atoms with E-state index in [0.29, 0.717) is 23.6 Å². The Kier molecular flexibility index (Phi) is 4.89. The second-order valence-electron chi connectivity index (χ2n) is 7.50. The Bertz CT molecular complexity index is 1370. The summed E-state index contributed by atoms with van der Waals surface area (Å²) in [5, 5.41) is 4.34. The summed E-state index contributed by atoms with van der Waals surface area (Å²) < 4.78 is 32.8. The van der Waals surface area contributed by atoms with Crippen LogP contribution >= 0.6 is 0 Å². The highest BCUT2D eigenvalue weighted by molar-refractivity contribution is 7.92. The number of sulfonamides is 1. The second-order valence-corrected chi connectivity index (χ2v) is 9.12. The number of rotatable bonds is 5. The molecule has 0 spiro atoms. The van der Waals surface area contributed by atoms with E-state index in [2.05, 4.69) is 9.82 Å². The predicted molar refractivity (Wildman–Crippen MR) is 118 cm³/mol. The van der Waals surface area contributed by atoms with Crippen LogP contribution in [-0.4, -0.2) is 27.6 Å². The molecule has 0 atom stereocenters. The van der Waals surface area contributed by atoms with Gasteiger partial charge >= 0.3 is 0 Å². The molecule has 0 saturated heterocycles. The lowest BCUT2D eigenvalue weighted by molar-refractivity contribution is 0.598. The molecule has 0 saturated carbocycles. The predicted octanol–water partition coefficient (Wildman–Crippen LogP) is 4.25. The van der Waals surface area contributed by atoms with Crippen molar-refractivity contribution in [3.8, 4) is 11.3 Å². The number of anilines is 1. The minimum Gasteiger partial charge on any atom is -0.306 e. The summed E-state index contributed by atoms with van der Waals surface area (Å²) in [6.45, 7) is 9.94. The Labute approximate surface area is 176 Å². The SMILES string of the molecule is CCn1nc(C)c(S(=O)(=O)Nc2cc(-c3cn4cccc(C)c4n3)ccc2C)c1C. The first-order valence-corrected chi connectivity index (χ1v) is 11.3. The number of nitrogens with zero attached hydrogens (tertiary/aromatic N) is 4. The maximum Gasteiger partial charge on any atom is 0.265 e. The van der Waals surface area contributed by atoms with E-state index in [-0.39, 0.29) is 4.90 Å². The number of pyridine rings is 1. The number of hydrogen-bond donors (Lipinski definition) is 1. The monoisotopic (exact) mass is 423 g/mol. The van der Waals surface area contributed by atoms with Gasteiger partial charge in [-0.2, -0.15) is 5.10 Å². The van der Waals surface area contributed by atoms with Crippen molar-refractivity contribution in [2.45, 2.75) is 46.1 Å². The Hall–Kier alpha value is -3.13. The Morgan fingerprint density at radius 1 is 1.07 bits per heavy atom. The Morgan fingerprint density at radius 3 is 2.50 bits per heavy atom. The van der Waals surface area contributed by atoms with Gasteiger partial charge in [-0.1, -0.05) is 18.2 Å². The Balaban J connectivity index is 1.75. The zero-order chi connectivity index (χ0) is 21.6. The minimum absolute atomic E-state index is 0.234. The van der Waals surface area contributed by atoms with Gasteiger partial charge in [-0.05, 0) is 57.9 Å². The molecule has 4 aromatic rings. The van der Waals surface area contributed by atoms with E-state index in [9.17, 15) is 8.42 Å². The maximum atomic E-state index is 13.2. The van der Waals surface area contributed by atoms with E-state index in [0.717, 1.165) is 28.0 Å². The summed E-state index contributed by atoms with van der Waals surface area (Å²) in [6, 6.07) is 9.68. The number of aryl methyl sites for hydroxylation is 4. The first-order chi connectivity index (χ1) is 14.2. The molecular formula is C22H25N5O2S. The molecule has 0 aliphatic rings. The second kappa shape index (κ2) is 7.28. The molecule has 3 aromatic heterocycles. The van der Waals surface area contributed by atoms with Crippen LogP contribution in [0.4, 0.5) is 5.69 Å². The van der Waals surface area contributed by atoms with Gasteiger partial charge in [-0.25, -0.2) is 13.4 Å². The van der Waals surface area contributed by atoms with E-state index in [1.54, 1.807) is 18.5 Å². The van der Waals surface area contributed by atoms with Crippen molar-refractivity contribution in [1.82, 2.24) is 19.2 Å². The summed E-state index contributed by atoms with van der Waals surface area (Å²) in [7, 11) is -3.78. The van der Waals surface area contributed by atoms with Crippen LogP contribution in [0.3, 0.4) is 0 Å². The zero-order valence-corrected chi connectivity index (χ0v) is 18.6. The van der Waals surface area contributed by atoms with E-state index in [1.807, 2.05) is 67.9 Å². The minimum atomic E-state index is -3.78. The normalized spacial score (nSPS) is 11.9. The summed E-state index contributed by atoms with van der Waals surface area (Å²) >= 11 is 0. The van der Waals surface area contributed by atoms with Crippen molar-refractivity contribution < 1.29 is 8.42 Å². The molecule has 0 fully saturated rings. The van der Waals surface area contributed by atoms with Crippen LogP contribution in [0.25, 0.3) is 16.9 Å². The highest BCUT2D eigenvalue weighted by Gasteiger charge is 2.25. The van der Waals surface area contributed by atoms with Gasteiger partial charge in [0.25, 0.3) is 10.0 Å². The van der Waals surface area contributed by atoms with Crippen molar-refractivity contribution in [3.63, 3.8) is 0 Å². The fraction of sp³-hybridized carbons (Fsp3) is 0.273. The molecule has 0 amide bonds. The number of aromatic nitrogens is 4. The van der Waals surface area contributed by atoms with Gasteiger partial charge in [0, 0.05) is 24.5 Å². The number of benzene rings is 1. The quantitative estimate of drug-likeness (QED) is 0.520. The van der Waals surface area contributed by atoms with Gasteiger partial charge in [0.05, 0.1) is 22.8 Å². The average molecular weight is 424 g/mol. The van der Waals surface area contributed by atoms with Crippen LogP contribution in [-0.2, 0) is 16.6 Å². The average Bonchev–Trinajstić information content (AvgIpc) is 3.25. The smallest absolute Gasteiger partial charge is 0.265 e. The standard InChI is InChI=1S/C22H25N5O2S/c1-6-27-17(5)21(16(4)24-27)30(28,29)25-19-12-18(10-9-14(19)2)20-13-26-11-7-8-15(3)22(26)23-20/h7-13,25H,6H2,1-5H3. The third-order valence-electron chi connectivity index (χ3n) is 5.34. The van der Waals surface area contributed by atoms with Crippen LogP contribution in [0.5, 0.6) is 0 Å². The van der Waals surface area contributed by atoms with Gasteiger partial charge in [0.15, 0.2) is 0 Å². The zero-order valence-electron chi connectivity index (χ0n) is 17.8. The van der Waals surface area contributed by atoms with Gasteiger partial charge in [-0.3, -0.25) is 9.40 Å². The molecule has 0 bridgehead atoms.